The predicted octanol–water partition coefficient (Wildman–Crippen LogP) is 1.40. The normalized spacial score (nSPS) is 19.9. The molecule has 1 fully saturated rings. The van der Waals surface area contributed by atoms with Crippen molar-refractivity contribution in [2.24, 2.45) is 0 Å². The Labute approximate surface area is 120 Å². The third-order valence-electron chi connectivity index (χ3n) is 3.91. The molecule has 1 aliphatic rings. The van der Waals surface area contributed by atoms with Crippen molar-refractivity contribution < 1.29 is 14.0 Å². The van der Waals surface area contributed by atoms with Crippen molar-refractivity contribution in [2.75, 3.05) is 7.11 Å². The van der Waals surface area contributed by atoms with Crippen LogP contribution in [-0.2, 0) is 20.7 Å². The van der Waals surface area contributed by atoms with Gasteiger partial charge < -0.3 is 14.0 Å². The predicted molar refractivity (Wildman–Crippen MR) is 75.4 cm³/mol. The van der Waals surface area contributed by atoms with Gasteiger partial charge in [-0.3, -0.25) is 4.98 Å². The van der Waals surface area contributed by atoms with Gasteiger partial charge in [0, 0.05) is 13.3 Å². The molecule has 0 aliphatic carbocycles. The first kappa shape index (κ1) is 15.0. The van der Waals surface area contributed by atoms with E-state index < -0.39 is 18.3 Å². The highest BCUT2D eigenvalue weighted by Crippen LogP contribution is 2.36. The van der Waals surface area contributed by atoms with E-state index in [0.717, 1.165) is 5.56 Å². The van der Waals surface area contributed by atoms with E-state index in [-0.39, 0.29) is 0 Å². The van der Waals surface area contributed by atoms with E-state index >= 15 is 0 Å². The van der Waals surface area contributed by atoms with Crippen LogP contribution in [0.1, 0.15) is 38.8 Å². The molecule has 0 unspecified atom stereocenters. The summed E-state index contributed by atoms with van der Waals surface area (Å²) in [5, 5.41) is 8.96. The van der Waals surface area contributed by atoms with E-state index in [2.05, 4.69) is 11.1 Å². The van der Waals surface area contributed by atoms with Gasteiger partial charge in [0.15, 0.2) is 0 Å². The highest BCUT2D eigenvalue weighted by atomic mass is 16.7. The highest BCUT2D eigenvalue weighted by Gasteiger charge is 2.52. The average molecular weight is 274 g/mol. The van der Waals surface area contributed by atoms with Crippen LogP contribution in [0.15, 0.2) is 12.3 Å². The minimum Gasteiger partial charge on any atom is -0.398 e. The zero-order valence-corrected chi connectivity index (χ0v) is 12.6. The Morgan fingerprint density at radius 1 is 1.30 bits per heavy atom. The van der Waals surface area contributed by atoms with E-state index in [0.29, 0.717) is 17.8 Å². The molecule has 0 saturated carbocycles. The molecule has 6 heteroatoms. The van der Waals surface area contributed by atoms with Gasteiger partial charge in [-0.25, -0.2) is 0 Å². The highest BCUT2D eigenvalue weighted by molar-refractivity contribution is 6.61. The first-order chi connectivity index (χ1) is 9.30. The van der Waals surface area contributed by atoms with Crippen LogP contribution in [0.5, 0.6) is 0 Å². The molecule has 1 aliphatic heterocycles. The van der Waals surface area contributed by atoms with Gasteiger partial charge in [0.25, 0.3) is 0 Å². The molecule has 0 spiro atoms. The standard InChI is InChI=1S/C14H19BN2O3/c1-13(2)14(3,4)20-15(19-13)12-11(9-18-5)6-10(7-16)8-17-12/h6,8H,9H2,1-5H3. The zero-order valence-electron chi connectivity index (χ0n) is 12.6. The van der Waals surface area contributed by atoms with Gasteiger partial charge >= 0.3 is 7.12 Å². The number of nitrogens with zero attached hydrogens (tertiary/aromatic N) is 2. The number of hydrogen-bond donors (Lipinski definition) is 0. The Hall–Kier alpha value is -1.42. The molecule has 1 aromatic rings. The first-order valence-corrected chi connectivity index (χ1v) is 6.54. The van der Waals surface area contributed by atoms with Crippen LogP contribution in [0, 0.1) is 11.3 Å². The van der Waals surface area contributed by atoms with Crippen molar-refractivity contribution >= 4 is 12.7 Å². The van der Waals surface area contributed by atoms with Gasteiger partial charge in [-0.05, 0) is 39.3 Å². The van der Waals surface area contributed by atoms with Crippen molar-refractivity contribution in [3.8, 4) is 6.07 Å². The molecular formula is C14H19BN2O3. The van der Waals surface area contributed by atoms with Crippen molar-refractivity contribution in [1.82, 2.24) is 4.98 Å². The summed E-state index contributed by atoms with van der Waals surface area (Å²) in [5.41, 5.74) is 1.14. The number of rotatable bonds is 3. The van der Waals surface area contributed by atoms with Gasteiger partial charge in [-0.15, -0.1) is 0 Å². The number of hydrogen-bond acceptors (Lipinski definition) is 5. The second-order valence-corrected chi connectivity index (χ2v) is 5.90. The summed E-state index contributed by atoms with van der Waals surface area (Å²) in [6.45, 7) is 8.33. The lowest BCUT2D eigenvalue weighted by Crippen LogP contribution is -2.41. The number of aromatic nitrogens is 1. The SMILES string of the molecule is COCc1cc(C#N)cnc1B1OC(C)(C)C(C)(C)O1. The third-order valence-corrected chi connectivity index (χ3v) is 3.91. The van der Waals surface area contributed by atoms with Gasteiger partial charge in [0.05, 0.1) is 29.0 Å². The number of methoxy groups -OCH3 is 1. The molecular weight excluding hydrogens is 255 g/mol. The molecule has 2 heterocycles. The van der Waals surface area contributed by atoms with E-state index in [1.165, 1.54) is 6.20 Å². The van der Waals surface area contributed by atoms with Crippen LogP contribution >= 0.6 is 0 Å². The summed E-state index contributed by atoms with van der Waals surface area (Å²) in [7, 11) is 1.06. The van der Waals surface area contributed by atoms with E-state index in [9.17, 15) is 0 Å². The monoisotopic (exact) mass is 274 g/mol. The molecule has 5 nitrogen and oxygen atoms in total. The van der Waals surface area contributed by atoms with E-state index in [1.807, 2.05) is 27.7 Å². The maximum Gasteiger partial charge on any atom is 0.514 e. The topological polar surface area (TPSA) is 64.4 Å². The quantitative estimate of drug-likeness (QED) is 0.779. The molecule has 0 N–H and O–H groups in total. The minimum atomic E-state index is -0.544. The van der Waals surface area contributed by atoms with Crippen LogP contribution in [0.4, 0.5) is 0 Å². The Kier molecular flexibility index (Phi) is 3.87. The summed E-state index contributed by atoms with van der Waals surface area (Å²) in [6.07, 6.45) is 1.53. The molecule has 1 saturated heterocycles. The van der Waals surface area contributed by atoms with Crippen molar-refractivity contribution in [3.05, 3.63) is 23.4 Å². The van der Waals surface area contributed by atoms with Crippen LogP contribution in [0.2, 0.25) is 0 Å². The summed E-state index contributed by atoms with van der Waals surface area (Å²) < 4.78 is 17.1. The fourth-order valence-electron chi connectivity index (χ4n) is 2.02. The number of ether oxygens (including phenoxy) is 1. The van der Waals surface area contributed by atoms with Crippen LogP contribution in [0.3, 0.4) is 0 Å². The molecule has 0 atom stereocenters. The second-order valence-electron chi connectivity index (χ2n) is 5.90. The molecule has 0 amide bonds. The third kappa shape index (κ3) is 2.57. The van der Waals surface area contributed by atoms with Crippen LogP contribution < -0.4 is 5.59 Å². The molecule has 106 valence electrons. The summed E-state index contributed by atoms with van der Waals surface area (Å²) >= 11 is 0. The Morgan fingerprint density at radius 3 is 2.40 bits per heavy atom. The van der Waals surface area contributed by atoms with Crippen molar-refractivity contribution in [2.45, 2.75) is 45.5 Å². The molecule has 0 radical (unpaired) electrons. The zero-order chi connectivity index (χ0) is 15.0. The summed E-state index contributed by atoms with van der Waals surface area (Å²) in [6, 6.07) is 3.84. The Balaban J connectivity index is 2.37. The molecule has 2 rings (SSSR count). The lowest BCUT2D eigenvalue weighted by molar-refractivity contribution is 0.00578. The van der Waals surface area contributed by atoms with Crippen LogP contribution in [-0.4, -0.2) is 30.4 Å². The Bertz CT molecular complexity index is 536. The summed E-state index contributed by atoms with van der Waals surface area (Å²) in [5.74, 6) is 0. The van der Waals surface area contributed by atoms with Crippen molar-refractivity contribution in [1.29, 1.82) is 5.26 Å². The molecule has 0 aromatic carbocycles. The van der Waals surface area contributed by atoms with E-state index in [1.54, 1.807) is 13.2 Å². The number of pyridine rings is 1. The number of nitriles is 1. The lowest BCUT2D eigenvalue weighted by Gasteiger charge is -2.32. The fraction of sp³-hybridized carbons (Fsp3) is 0.571. The minimum absolute atomic E-state index is 0.363. The second kappa shape index (κ2) is 5.17. The lowest BCUT2D eigenvalue weighted by atomic mass is 9.80. The van der Waals surface area contributed by atoms with Crippen LogP contribution in [0.25, 0.3) is 0 Å². The molecule has 1 aromatic heterocycles. The van der Waals surface area contributed by atoms with E-state index in [4.69, 9.17) is 19.3 Å². The smallest absolute Gasteiger partial charge is 0.398 e. The van der Waals surface area contributed by atoms with Gasteiger partial charge in [0.1, 0.15) is 6.07 Å². The maximum absolute atomic E-state index is 8.96. The summed E-state index contributed by atoms with van der Waals surface area (Å²) in [4.78, 5) is 4.33. The fourth-order valence-corrected chi connectivity index (χ4v) is 2.02. The largest absolute Gasteiger partial charge is 0.514 e. The maximum atomic E-state index is 8.96. The Morgan fingerprint density at radius 2 is 1.90 bits per heavy atom. The van der Waals surface area contributed by atoms with Gasteiger partial charge in [0.2, 0.25) is 0 Å². The van der Waals surface area contributed by atoms with Gasteiger partial charge in [-0.1, -0.05) is 0 Å². The molecule has 20 heavy (non-hydrogen) atoms. The van der Waals surface area contributed by atoms with Gasteiger partial charge in [-0.2, -0.15) is 5.26 Å². The van der Waals surface area contributed by atoms with Crippen molar-refractivity contribution in [3.63, 3.8) is 0 Å². The molecule has 0 bridgehead atoms. The average Bonchev–Trinajstić information content (AvgIpc) is 2.58. The first-order valence-electron chi connectivity index (χ1n) is 6.54.